The van der Waals surface area contributed by atoms with E-state index in [1.165, 1.54) is 29.5 Å². The Kier molecular flexibility index (Phi) is 9.49. The second-order valence-corrected chi connectivity index (χ2v) is 9.47. The van der Waals surface area contributed by atoms with Gasteiger partial charge in [0.2, 0.25) is 0 Å². The van der Waals surface area contributed by atoms with Crippen LogP contribution in [0.4, 0.5) is 0 Å². The van der Waals surface area contributed by atoms with Gasteiger partial charge in [0, 0.05) is 12.6 Å². The predicted octanol–water partition coefficient (Wildman–Crippen LogP) is 4.22. The first-order chi connectivity index (χ1) is 15.5. The van der Waals surface area contributed by atoms with Gasteiger partial charge in [0.05, 0.1) is 11.3 Å². The van der Waals surface area contributed by atoms with Crippen molar-refractivity contribution < 1.29 is 19.1 Å². The first kappa shape index (κ1) is 24.2. The molecule has 1 aromatic rings. The van der Waals surface area contributed by atoms with Crippen molar-refractivity contribution in [2.45, 2.75) is 51.0 Å². The number of ether oxygens (including phenoxy) is 1. The molecule has 0 bridgehead atoms. The highest BCUT2D eigenvalue weighted by Crippen LogP contribution is 2.31. The summed E-state index contributed by atoms with van der Waals surface area (Å²) in [4.78, 5) is 38.6. The van der Waals surface area contributed by atoms with E-state index >= 15 is 0 Å². The summed E-state index contributed by atoms with van der Waals surface area (Å²) in [6.45, 7) is -0.161. The molecule has 1 saturated carbocycles. The van der Waals surface area contributed by atoms with Crippen molar-refractivity contribution in [3.05, 3.63) is 53.0 Å². The molecule has 0 unspecified atom stereocenters. The molecule has 1 saturated heterocycles. The van der Waals surface area contributed by atoms with Crippen LogP contribution in [0.3, 0.4) is 0 Å². The molecule has 0 spiro atoms. The summed E-state index contributed by atoms with van der Waals surface area (Å²) in [6, 6.07) is 9.94. The van der Waals surface area contributed by atoms with E-state index in [1.807, 2.05) is 42.5 Å². The molecule has 0 aromatic heterocycles. The summed E-state index contributed by atoms with van der Waals surface area (Å²) in [6.07, 6.45) is 12.0. The Labute approximate surface area is 198 Å². The molecule has 1 N–H and O–H groups in total. The van der Waals surface area contributed by atoms with Crippen LogP contribution >= 0.6 is 24.0 Å². The third-order valence-electron chi connectivity index (χ3n) is 5.33. The SMILES string of the molecule is O=C(COC(=O)CCN1C(=O)C(=CC=Cc2ccccc2)SC1=S)NC1CCCCCC1. The van der Waals surface area contributed by atoms with Crippen molar-refractivity contribution in [3.63, 3.8) is 0 Å². The Balaban J connectivity index is 1.40. The number of carbonyl (C=O) groups excluding carboxylic acids is 3. The molecule has 0 radical (unpaired) electrons. The van der Waals surface area contributed by atoms with E-state index < -0.39 is 5.97 Å². The maximum absolute atomic E-state index is 12.6. The molecule has 2 fully saturated rings. The molecule has 6 nitrogen and oxygen atoms in total. The third kappa shape index (κ3) is 7.60. The Bertz CT molecular complexity index is 891. The highest BCUT2D eigenvalue weighted by atomic mass is 32.2. The second kappa shape index (κ2) is 12.6. The minimum atomic E-state index is -0.525. The van der Waals surface area contributed by atoms with Gasteiger partial charge in [-0.3, -0.25) is 19.3 Å². The smallest absolute Gasteiger partial charge is 0.308 e. The van der Waals surface area contributed by atoms with Crippen molar-refractivity contribution in [3.8, 4) is 0 Å². The molecule has 8 heteroatoms. The first-order valence-corrected chi connectivity index (χ1v) is 12.2. The lowest BCUT2D eigenvalue weighted by molar-refractivity contribution is -0.149. The molecule has 3 rings (SSSR count). The van der Waals surface area contributed by atoms with Crippen molar-refractivity contribution >= 4 is 52.2 Å². The number of nitrogens with one attached hydrogen (secondary N) is 1. The zero-order valence-electron chi connectivity index (χ0n) is 18.0. The van der Waals surface area contributed by atoms with Gasteiger partial charge < -0.3 is 10.1 Å². The fourth-order valence-corrected chi connectivity index (χ4v) is 4.89. The van der Waals surface area contributed by atoms with Crippen LogP contribution in [0.2, 0.25) is 0 Å². The summed E-state index contributed by atoms with van der Waals surface area (Å²) < 4.78 is 5.49. The fraction of sp³-hybridized carbons (Fsp3) is 0.417. The van der Waals surface area contributed by atoms with Crippen LogP contribution in [0.1, 0.15) is 50.5 Å². The summed E-state index contributed by atoms with van der Waals surface area (Å²) in [5.41, 5.74) is 1.03. The Morgan fingerprint density at radius 2 is 1.88 bits per heavy atom. The van der Waals surface area contributed by atoms with Gasteiger partial charge in [-0.1, -0.05) is 92.1 Å². The third-order valence-corrected chi connectivity index (χ3v) is 6.73. The van der Waals surface area contributed by atoms with E-state index in [2.05, 4.69) is 5.32 Å². The molecule has 170 valence electrons. The molecule has 1 aromatic carbocycles. The molecular formula is C24H28N2O4S2. The largest absolute Gasteiger partial charge is 0.456 e. The average Bonchev–Trinajstić information content (AvgIpc) is 2.94. The number of thiocarbonyl (C=S) groups is 1. The van der Waals surface area contributed by atoms with Crippen molar-refractivity contribution in [2.75, 3.05) is 13.2 Å². The number of amides is 2. The molecule has 2 aliphatic rings. The van der Waals surface area contributed by atoms with Crippen LogP contribution in [0, 0.1) is 0 Å². The predicted molar refractivity (Wildman–Crippen MR) is 131 cm³/mol. The van der Waals surface area contributed by atoms with E-state index in [1.54, 1.807) is 6.08 Å². The van der Waals surface area contributed by atoms with Crippen molar-refractivity contribution in [2.24, 2.45) is 0 Å². The Hall–Kier alpha value is -2.45. The zero-order chi connectivity index (χ0) is 22.8. The minimum Gasteiger partial charge on any atom is -0.456 e. The standard InChI is InChI=1S/C24H28N2O4S2/c27-21(25-19-12-6-1-2-7-13-19)17-30-22(28)15-16-26-23(29)20(32-24(26)31)14-8-11-18-9-4-3-5-10-18/h3-5,8-11,14,19H,1-2,6-7,12-13,15-17H2,(H,25,27). The number of nitrogens with zero attached hydrogens (tertiary/aromatic N) is 1. The lowest BCUT2D eigenvalue weighted by atomic mass is 10.1. The highest BCUT2D eigenvalue weighted by Gasteiger charge is 2.31. The number of allylic oxidation sites excluding steroid dienone is 2. The van der Waals surface area contributed by atoms with Gasteiger partial charge in [-0.15, -0.1) is 0 Å². The minimum absolute atomic E-state index is 0.0176. The molecular weight excluding hydrogens is 444 g/mol. The van der Waals surface area contributed by atoms with Gasteiger partial charge in [-0.05, 0) is 24.5 Å². The van der Waals surface area contributed by atoms with Gasteiger partial charge >= 0.3 is 5.97 Å². The number of benzene rings is 1. The monoisotopic (exact) mass is 472 g/mol. The van der Waals surface area contributed by atoms with E-state index in [9.17, 15) is 14.4 Å². The number of esters is 1. The average molecular weight is 473 g/mol. The van der Waals surface area contributed by atoms with Crippen LogP contribution in [-0.2, 0) is 19.1 Å². The van der Waals surface area contributed by atoms with Crippen LogP contribution in [0.25, 0.3) is 6.08 Å². The maximum Gasteiger partial charge on any atom is 0.308 e. The van der Waals surface area contributed by atoms with Crippen LogP contribution in [0.15, 0.2) is 47.4 Å². The number of hydrogen-bond acceptors (Lipinski definition) is 6. The molecule has 1 aliphatic heterocycles. The van der Waals surface area contributed by atoms with Crippen molar-refractivity contribution in [1.82, 2.24) is 10.2 Å². The number of thioether (sulfide) groups is 1. The van der Waals surface area contributed by atoms with Gasteiger partial charge in [-0.2, -0.15) is 0 Å². The van der Waals surface area contributed by atoms with Crippen LogP contribution in [-0.4, -0.2) is 46.2 Å². The molecule has 1 aliphatic carbocycles. The summed E-state index contributed by atoms with van der Waals surface area (Å²) >= 11 is 6.50. The molecule has 32 heavy (non-hydrogen) atoms. The first-order valence-electron chi connectivity index (χ1n) is 10.9. The highest BCUT2D eigenvalue weighted by molar-refractivity contribution is 8.26. The normalized spacial score (nSPS) is 18.9. The van der Waals surface area contributed by atoms with E-state index in [4.69, 9.17) is 17.0 Å². The van der Waals surface area contributed by atoms with Gasteiger partial charge in [0.15, 0.2) is 6.61 Å². The topological polar surface area (TPSA) is 75.7 Å². The van der Waals surface area contributed by atoms with Gasteiger partial charge in [0.1, 0.15) is 4.32 Å². The van der Waals surface area contributed by atoms with Crippen LogP contribution in [0.5, 0.6) is 0 Å². The second-order valence-electron chi connectivity index (χ2n) is 7.79. The molecule has 2 amide bonds. The molecule has 1 heterocycles. The summed E-state index contributed by atoms with van der Waals surface area (Å²) in [7, 11) is 0. The van der Waals surface area contributed by atoms with Crippen LogP contribution < -0.4 is 5.32 Å². The van der Waals surface area contributed by atoms with Gasteiger partial charge in [0.25, 0.3) is 11.8 Å². The van der Waals surface area contributed by atoms with E-state index in [0.29, 0.717) is 9.23 Å². The Morgan fingerprint density at radius 3 is 2.59 bits per heavy atom. The molecule has 0 atom stereocenters. The summed E-state index contributed by atoms with van der Waals surface area (Å²) in [5, 5.41) is 2.94. The number of hydrogen-bond donors (Lipinski definition) is 1. The quantitative estimate of drug-likeness (QED) is 0.264. The number of carbonyl (C=O) groups is 3. The van der Waals surface area contributed by atoms with E-state index in [-0.39, 0.29) is 37.4 Å². The fourth-order valence-electron chi connectivity index (χ4n) is 3.63. The number of rotatable bonds is 8. The van der Waals surface area contributed by atoms with E-state index in [0.717, 1.165) is 31.2 Å². The van der Waals surface area contributed by atoms with Crippen molar-refractivity contribution in [1.29, 1.82) is 0 Å². The van der Waals surface area contributed by atoms with Gasteiger partial charge in [-0.25, -0.2) is 0 Å². The lowest BCUT2D eigenvalue weighted by Gasteiger charge is -2.16. The summed E-state index contributed by atoms with van der Waals surface area (Å²) in [5.74, 6) is -1.02. The maximum atomic E-state index is 12.6. The zero-order valence-corrected chi connectivity index (χ0v) is 19.6. The Morgan fingerprint density at radius 1 is 1.16 bits per heavy atom. The lowest BCUT2D eigenvalue weighted by Crippen LogP contribution is -2.37.